The zero-order valence-corrected chi connectivity index (χ0v) is 11.6. The van der Waals surface area contributed by atoms with Crippen molar-refractivity contribution in [1.29, 1.82) is 0 Å². The van der Waals surface area contributed by atoms with E-state index in [9.17, 15) is 4.79 Å². The predicted octanol–water partition coefficient (Wildman–Crippen LogP) is 0.973. The molecule has 17 heavy (non-hydrogen) atoms. The van der Waals surface area contributed by atoms with Gasteiger partial charge < -0.3 is 10.6 Å². The van der Waals surface area contributed by atoms with Crippen molar-refractivity contribution in [2.24, 2.45) is 0 Å². The Labute approximate surface area is 105 Å². The molecule has 1 heterocycles. The maximum absolute atomic E-state index is 12.1. The minimum absolute atomic E-state index is 0.0206. The molecule has 0 saturated carbocycles. The number of carbonyl (C=O) groups excluding carboxylic acids is 1. The van der Waals surface area contributed by atoms with E-state index in [2.05, 4.69) is 36.3 Å². The molecule has 1 rings (SSSR count). The van der Waals surface area contributed by atoms with Crippen molar-refractivity contribution in [2.75, 3.05) is 19.6 Å². The second-order valence-corrected chi connectivity index (χ2v) is 4.99. The molecule has 2 N–H and O–H groups in total. The van der Waals surface area contributed by atoms with Gasteiger partial charge in [0.25, 0.3) is 0 Å². The van der Waals surface area contributed by atoms with E-state index >= 15 is 0 Å². The molecule has 1 aliphatic rings. The predicted molar refractivity (Wildman–Crippen MR) is 71.0 cm³/mol. The summed E-state index contributed by atoms with van der Waals surface area (Å²) in [5.41, 5.74) is 0. The number of nitrogens with zero attached hydrogens (tertiary/aromatic N) is 1. The average molecular weight is 241 g/mol. The Bertz CT molecular complexity index is 241. The van der Waals surface area contributed by atoms with Crippen LogP contribution in [0.1, 0.15) is 40.5 Å². The van der Waals surface area contributed by atoms with Crippen molar-refractivity contribution in [2.45, 2.75) is 58.7 Å². The molecule has 4 nitrogen and oxygen atoms in total. The largest absolute Gasteiger partial charge is 0.352 e. The van der Waals surface area contributed by atoms with Gasteiger partial charge in [0, 0.05) is 31.7 Å². The highest BCUT2D eigenvalue weighted by Crippen LogP contribution is 2.09. The summed E-state index contributed by atoms with van der Waals surface area (Å²) in [5.74, 6) is 0.174. The molecule has 1 amide bonds. The average Bonchev–Trinajstić information content (AvgIpc) is 2.35. The standard InChI is InChI=1S/C13H27N3O/c1-5-12(6-2)15-13(17)11(4)16-8-7-14-9-10(16)3/h10-12,14H,5-9H2,1-4H3,(H,15,17)/t10-,11?/m1/s1. The molecule has 0 aromatic carbocycles. The van der Waals surface area contributed by atoms with Gasteiger partial charge in [-0.05, 0) is 26.7 Å². The summed E-state index contributed by atoms with van der Waals surface area (Å²) in [4.78, 5) is 14.4. The lowest BCUT2D eigenvalue weighted by molar-refractivity contribution is -0.127. The van der Waals surface area contributed by atoms with Crippen molar-refractivity contribution in [3.8, 4) is 0 Å². The van der Waals surface area contributed by atoms with E-state index in [-0.39, 0.29) is 11.9 Å². The minimum Gasteiger partial charge on any atom is -0.352 e. The second-order valence-electron chi connectivity index (χ2n) is 4.99. The highest BCUT2D eigenvalue weighted by Gasteiger charge is 2.28. The van der Waals surface area contributed by atoms with Crippen LogP contribution in [0.2, 0.25) is 0 Å². The maximum Gasteiger partial charge on any atom is 0.237 e. The number of carbonyl (C=O) groups is 1. The van der Waals surface area contributed by atoms with Crippen LogP contribution < -0.4 is 10.6 Å². The molecule has 0 aromatic heterocycles. The van der Waals surface area contributed by atoms with Gasteiger partial charge in [0.2, 0.25) is 5.91 Å². The molecule has 0 aliphatic carbocycles. The molecule has 4 heteroatoms. The third-order valence-corrected chi connectivity index (χ3v) is 3.76. The fraction of sp³-hybridized carbons (Fsp3) is 0.923. The molecule has 1 fully saturated rings. The van der Waals surface area contributed by atoms with E-state index in [1.165, 1.54) is 0 Å². The Hall–Kier alpha value is -0.610. The van der Waals surface area contributed by atoms with Gasteiger partial charge in [0.1, 0.15) is 0 Å². The molecule has 0 aromatic rings. The van der Waals surface area contributed by atoms with Gasteiger partial charge in [-0.2, -0.15) is 0 Å². The summed E-state index contributed by atoms with van der Waals surface area (Å²) in [6.45, 7) is 11.3. The van der Waals surface area contributed by atoms with E-state index < -0.39 is 0 Å². The highest BCUT2D eigenvalue weighted by atomic mass is 16.2. The van der Waals surface area contributed by atoms with Crippen molar-refractivity contribution in [3.63, 3.8) is 0 Å². The van der Waals surface area contributed by atoms with Crippen molar-refractivity contribution in [3.05, 3.63) is 0 Å². The van der Waals surface area contributed by atoms with E-state index in [1.807, 2.05) is 6.92 Å². The lowest BCUT2D eigenvalue weighted by atomic mass is 10.1. The first-order valence-electron chi connectivity index (χ1n) is 6.86. The van der Waals surface area contributed by atoms with Crippen LogP contribution >= 0.6 is 0 Å². The molecule has 1 unspecified atom stereocenters. The Morgan fingerprint density at radius 3 is 2.65 bits per heavy atom. The molecular formula is C13H27N3O. The Morgan fingerprint density at radius 1 is 1.47 bits per heavy atom. The Balaban J connectivity index is 2.49. The summed E-state index contributed by atoms with van der Waals surface area (Å²) in [7, 11) is 0. The van der Waals surface area contributed by atoms with E-state index in [0.29, 0.717) is 12.1 Å². The summed E-state index contributed by atoms with van der Waals surface area (Å²) in [5, 5.41) is 6.48. The van der Waals surface area contributed by atoms with Crippen LogP contribution in [0.3, 0.4) is 0 Å². The van der Waals surface area contributed by atoms with Crippen LogP contribution in [0.25, 0.3) is 0 Å². The molecule has 0 spiro atoms. The highest BCUT2D eigenvalue weighted by molar-refractivity contribution is 5.81. The topological polar surface area (TPSA) is 44.4 Å². The molecule has 2 atom stereocenters. The first-order chi connectivity index (χ1) is 8.10. The van der Waals surface area contributed by atoms with Gasteiger partial charge in [-0.15, -0.1) is 0 Å². The van der Waals surface area contributed by atoms with E-state index in [4.69, 9.17) is 0 Å². The van der Waals surface area contributed by atoms with E-state index in [1.54, 1.807) is 0 Å². The number of nitrogens with one attached hydrogen (secondary N) is 2. The Morgan fingerprint density at radius 2 is 2.12 bits per heavy atom. The molecule has 100 valence electrons. The number of piperazine rings is 1. The molecule has 0 radical (unpaired) electrons. The van der Waals surface area contributed by atoms with Gasteiger partial charge in [0.15, 0.2) is 0 Å². The number of rotatable bonds is 5. The van der Waals surface area contributed by atoms with Crippen LogP contribution in [0.15, 0.2) is 0 Å². The van der Waals surface area contributed by atoms with Crippen molar-refractivity contribution in [1.82, 2.24) is 15.5 Å². The lowest BCUT2D eigenvalue weighted by Crippen LogP contribution is -2.57. The van der Waals surface area contributed by atoms with Gasteiger partial charge in [-0.3, -0.25) is 9.69 Å². The smallest absolute Gasteiger partial charge is 0.237 e. The summed E-state index contributed by atoms with van der Waals surface area (Å²) < 4.78 is 0. The molecule has 1 saturated heterocycles. The number of hydrogen-bond acceptors (Lipinski definition) is 3. The van der Waals surface area contributed by atoms with E-state index in [0.717, 1.165) is 32.5 Å². The SMILES string of the molecule is CCC(CC)NC(=O)C(C)N1CCNC[C@H]1C. The number of hydrogen-bond donors (Lipinski definition) is 2. The maximum atomic E-state index is 12.1. The van der Waals surface area contributed by atoms with Crippen molar-refractivity contribution < 1.29 is 4.79 Å². The van der Waals surface area contributed by atoms with Gasteiger partial charge in [0.05, 0.1) is 6.04 Å². The van der Waals surface area contributed by atoms with Gasteiger partial charge >= 0.3 is 0 Å². The summed E-state index contributed by atoms with van der Waals surface area (Å²) in [6, 6.07) is 0.738. The summed E-state index contributed by atoms with van der Waals surface area (Å²) in [6.07, 6.45) is 2.01. The quantitative estimate of drug-likeness (QED) is 0.754. The monoisotopic (exact) mass is 241 g/mol. The first-order valence-corrected chi connectivity index (χ1v) is 6.86. The fourth-order valence-corrected chi connectivity index (χ4v) is 2.40. The fourth-order valence-electron chi connectivity index (χ4n) is 2.40. The molecule has 0 bridgehead atoms. The third-order valence-electron chi connectivity index (χ3n) is 3.76. The van der Waals surface area contributed by atoms with Crippen molar-refractivity contribution >= 4 is 5.91 Å². The normalized spacial score (nSPS) is 23.7. The van der Waals surface area contributed by atoms with Gasteiger partial charge in [-0.1, -0.05) is 13.8 Å². The molecule has 1 aliphatic heterocycles. The van der Waals surface area contributed by atoms with Crippen LogP contribution in [-0.2, 0) is 4.79 Å². The lowest BCUT2D eigenvalue weighted by Gasteiger charge is -2.38. The first kappa shape index (κ1) is 14.5. The second kappa shape index (κ2) is 6.97. The number of amides is 1. The minimum atomic E-state index is -0.0206. The van der Waals surface area contributed by atoms with Crippen LogP contribution in [0.5, 0.6) is 0 Å². The Kier molecular flexibility index (Phi) is 5.92. The third kappa shape index (κ3) is 3.96. The van der Waals surface area contributed by atoms with Gasteiger partial charge in [-0.25, -0.2) is 0 Å². The summed E-state index contributed by atoms with van der Waals surface area (Å²) >= 11 is 0. The zero-order chi connectivity index (χ0) is 12.8. The molecular weight excluding hydrogens is 214 g/mol. The van der Waals surface area contributed by atoms with Crippen LogP contribution in [-0.4, -0.2) is 48.6 Å². The van der Waals surface area contributed by atoms with Crippen LogP contribution in [0.4, 0.5) is 0 Å². The van der Waals surface area contributed by atoms with Crippen LogP contribution in [0, 0.1) is 0 Å². The zero-order valence-electron chi connectivity index (χ0n) is 11.6.